The van der Waals surface area contributed by atoms with Gasteiger partial charge in [-0.05, 0) is 30.0 Å². The molecule has 0 radical (unpaired) electrons. The Morgan fingerprint density at radius 1 is 0.919 bits per heavy atom. The first-order valence-electron chi connectivity index (χ1n) is 12.4. The Morgan fingerprint density at radius 3 is 2.16 bits per heavy atom. The summed E-state index contributed by atoms with van der Waals surface area (Å²) in [5, 5.41) is 15.0. The van der Waals surface area contributed by atoms with Crippen molar-refractivity contribution in [1.29, 1.82) is 0 Å². The van der Waals surface area contributed by atoms with Gasteiger partial charge in [-0.1, -0.05) is 91.0 Å². The molecule has 0 unspecified atom stereocenters. The van der Waals surface area contributed by atoms with Gasteiger partial charge in [0.25, 0.3) is 0 Å². The van der Waals surface area contributed by atoms with E-state index in [0.29, 0.717) is 24.5 Å². The SMILES string of the molecule is C[C@@H]1C(=O)N[C@@H](Cc2ccccc2)c2nnc([C@@H](Cc3ccccc3)NC(=O)OCc3ccccc3)n21. The molecule has 0 aliphatic carbocycles. The highest BCUT2D eigenvalue weighted by atomic mass is 16.5. The molecule has 1 aliphatic rings. The summed E-state index contributed by atoms with van der Waals surface area (Å²) in [4.78, 5) is 25.8. The lowest BCUT2D eigenvalue weighted by molar-refractivity contribution is -0.126. The van der Waals surface area contributed by atoms with Crippen molar-refractivity contribution in [3.63, 3.8) is 0 Å². The van der Waals surface area contributed by atoms with Crippen LogP contribution in [0, 0.1) is 0 Å². The smallest absolute Gasteiger partial charge is 0.408 e. The highest BCUT2D eigenvalue weighted by Gasteiger charge is 2.36. The number of benzene rings is 3. The lowest BCUT2D eigenvalue weighted by Gasteiger charge is -2.31. The largest absolute Gasteiger partial charge is 0.445 e. The van der Waals surface area contributed by atoms with Crippen molar-refractivity contribution in [1.82, 2.24) is 25.4 Å². The fraction of sp³-hybridized carbons (Fsp3) is 0.241. The first kappa shape index (κ1) is 24.2. The van der Waals surface area contributed by atoms with E-state index in [1.54, 1.807) is 0 Å². The average Bonchev–Trinajstić information content (AvgIpc) is 3.38. The molecule has 0 fully saturated rings. The Balaban J connectivity index is 1.42. The first-order chi connectivity index (χ1) is 18.1. The number of hydrogen-bond acceptors (Lipinski definition) is 5. The van der Waals surface area contributed by atoms with E-state index in [-0.39, 0.29) is 18.6 Å². The van der Waals surface area contributed by atoms with Gasteiger partial charge in [0.2, 0.25) is 5.91 Å². The molecular weight excluding hydrogens is 466 g/mol. The number of aromatic nitrogens is 3. The van der Waals surface area contributed by atoms with Gasteiger partial charge >= 0.3 is 6.09 Å². The summed E-state index contributed by atoms with van der Waals surface area (Å²) in [6, 6.07) is 27.9. The van der Waals surface area contributed by atoms with Gasteiger partial charge in [0.05, 0.1) is 12.1 Å². The number of amides is 2. The van der Waals surface area contributed by atoms with Crippen molar-refractivity contribution in [2.24, 2.45) is 0 Å². The molecule has 3 aromatic carbocycles. The van der Waals surface area contributed by atoms with E-state index in [1.165, 1.54) is 0 Å². The number of fused-ring (bicyclic) bond motifs is 1. The van der Waals surface area contributed by atoms with Crippen LogP contribution in [0.15, 0.2) is 91.0 Å². The number of carbonyl (C=O) groups excluding carboxylic acids is 2. The first-order valence-corrected chi connectivity index (χ1v) is 12.4. The highest BCUT2D eigenvalue weighted by Crippen LogP contribution is 2.30. The molecule has 8 heteroatoms. The molecule has 4 aromatic rings. The van der Waals surface area contributed by atoms with E-state index in [4.69, 9.17) is 4.74 Å². The van der Waals surface area contributed by atoms with Crippen LogP contribution in [0.3, 0.4) is 0 Å². The van der Waals surface area contributed by atoms with Crippen molar-refractivity contribution in [2.45, 2.75) is 44.5 Å². The van der Waals surface area contributed by atoms with Gasteiger partial charge in [-0.2, -0.15) is 0 Å². The van der Waals surface area contributed by atoms with E-state index in [0.717, 1.165) is 16.7 Å². The standard InChI is InChI=1S/C29H29N5O3/c1-20-28(35)30-24(17-21-11-5-2-6-12-21)26-32-33-27(34(20)26)25(18-22-13-7-3-8-14-22)31-29(36)37-19-23-15-9-4-10-16-23/h2-16,20,24-25H,17-19H2,1H3,(H,30,35)(H,31,36)/t20-,24+,25-/m1/s1. The lowest BCUT2D eigenvalue weighted by Crippen LogP contribution is -2.43. The summed E-state index contributed by atoms with van der Waals surface area (Å²) in [5.74, 6) is 1.08. The summed E-state index contributed by atoms with van der Waals surface area (Å²) in [5.41, 5.74) is 3.00. The van der Waals surface area contributed by atoms with Crippen LogP contribution in [-0.2, 0) is 29.0 Å². The lowest BCUT2D eigenvalue weighted by atomic mass is 10.0. The Kier molecular flexibility index (Phi) is 7.26. The van der Waals surface area contributed by atoms with Crippen LogP contribution in [0.5, 0.6) is 0 Å². The second-order valence-corrected chi connectivity index (χ2v) is 9.16. The maximum atomic E-state index is 13.0. The highest BCUT2D eigenvalue weighted by molar-refractivity contribution is 5.81. The minimum absolute atomic E-state index is 0.111. The summed E-state index contributed by atoms with van der Waals surface area (Å²) < 4.78 is 7.36. The van der Waals surface area contributed by atoms with Crippen molar-refractivity contribution < 1.29 is 14.3 Å². The molecule has 0 saturated heterocycles. The molecule has 2 amide bonds. The number of ether oxygens (including phenoxy) is 1. The van der Waals surface area contributed by atoms with Crippen molar-refractivity contribution in [3.8, 4) is 0 Å². The number of nitrogens with zero attached hydrogens (tertiary/aromatic N) is 3. The normalized spacial score (nSPS) is 17.4. The van der Waals surface area contributed by atoms with Crippen LogP contribution in [0.4, 0.5) is 4.79 Å². The summed E-state index contributed by atoms with van der Waals surface area (Å²) in [6.07, 6.45) is 0.501. The Bertz CT molecular complexity index is 1340. The average molecular weight is 496 g/mol. The second kappa shape index (κ2) is 11.1. The molecule has 2 heterocycles. The van der Waals surface area contributed by atoms with Crippen LogP contribution in [0.2, 0.25) is 0 Å². The predicted molar refractivity (Wildman–Crippen MR) is 138 cm³/mol. The van der Waals surface area contributed by atoms with Crippen LogP contribution in [-0.4, -0.2) is 26.8 Å². The molecule has 2 N–H and O–H groups in total. The van der Waals surface area contributed by atoms with Crippen molar-refractivity contribution in [3.05, 3.63) is 119 Å². The van der Waals surface area contributed by atoms with E-state index in [2.05, 4.69) is 20.8 Å². The van der Waals surface area contributed by atoms with E-state index in [1.807, 2.05) is 102 Å². The van der Waals surface area contributed by atoms with Crippen LogP contribution < -0.4 is 10.6 Å². The monoisotopic (exact) mass is 495 g/mol. The maximum absolute atomic E-state index is 13.0. The summed E-state index contributed by atoms with van der Waals surface area (Å²) >= 11 is 0. The molecule has 1 aromatic heterocycles. The van der Waals surface area contributed by atoms with E-state index in [9.17, 15) is 9.59 Å². The maximum Gasteiger partial charge on any atom is 0.408 e. The summed E-state index contributed by atoms with van der Waals surface area (Å²) in [6.45, 7) is 1.97. The third kappa shape index (κ3) is 5.69. The zero-order chi connectivity index (χ0) is 25.6. The van der Waals surface area contributed by atoms with Gasteiger partial charge in [-0.25, -0.2) is 4.79 Å². The molecule has 5 rings (SSSR count). The van der Waals surface area contributed by atoms with E-state index >= 15 is 0 Å². The van der Waals surface area contributed by atoms with Gasteiger partial charge in [0, 0.05) is 6.42 Å². The molecule has 1 aliphatic heterocycles. The fourth-order valence-corrected chi connectivity index (χ4v) is 4.62. The summed E-state index contributed by atoms with van der Waals surface area (Å²) in [7, 11) is 0. The van der Waals surface area contributed by atoms with Crippen LogP contribution in [0.1, 0.15) is 53.4 Å². The van der Waals surface area contributed by atoms with Gasteiger partial charge in [-0.15, -0.1) is 10.2 Å². The Hall–Kier alpha value is -4.46. The van der Waals surface area contributed by atoms with Gasteiger partial charge in [0.15, 0.2) is 11.6 Å². The van der Waals surface area contributed by atoms with E-state index < -0.39 is 18.2 Å². The van der Waals surface area contributed by atoms with Crippen molar-refractivity contribution >= 4 is 12.0 Å². The third-order valence-electron chi connectivity index (χ3n) is 6.53. The molecule has 37 heavy (non-hydrogen) atoms. The number of nitrogens with one attached hydrogen (secondary N) is 2. The quantitative estimate of drug-likeness (QED) is 0.376. The minimum Gasteiger partial charge on any atom is -0.445 e. The number of hydrogen-bond donors (Lipinski definition) is 2. The molecule has 3 atom stereocenters. The molecule has 0 bridgehead atoms. The van der Waals surface area contributed by atoms with Crippen LogP contribution >= 0.6 is 0 Å². The fourth-order valence-electron chi connectivity index (χ4n) is 4.62. The van der Waals surface area contributed by atoms with Gasteiger partial charge in [-0.3, -0.25) is 9.36 Å². The minimum atomic E-state index is -0.559. The zero-order valence-corrected chi connectivity index (χ0v) is 20.6. The van der Waals surface area contributed by atoms with Gasteiger partial charge in [0.1, 0.15) is 12.6 Å². The number of rotatable bonds is 8. The Labute approximate surface area is 215 Å². The topological polar surface area (TPSA) is 98.1 Å². The second-order valence-electron chi connectivity index (χ2n) is 9.16. The molecule has 0 spiro atoms. The van der Waals surface area contributed by atoms with Crippen LogP contribution in [0.25, 0.3) is 0 Å². The zero-order valence-electron chi connectivity index (χ0n) is 20.6. The number of alkyl carbamates (subject to hydrolysis) is 1. The predicted octanol–water partition coefficient (Wildman–Crippen LogP) is 4.46. The molecule has 8 nitrogen and oxygen atoms in total. The molecule has 188 valence electrons. The number of carbonyl (C=O) groups is 2. The molecule has 0 saturated carbocycles. The van der Waals surface area contributed by atoms with Crippen molar-refractivity contribution in [2.75, 3.05) is 0 Å². The Morgan fingerprint density at radius 2 is 1.51 bits per heavy atom. The molecular formula is C29H29N5O3. The third-order valence-corrected chi connectivity index (χ3v) is 6.53. The van der Waals surface area contributed by atoms with Gasteiger partial charge < -0.3 is 15.4 Å².